The number of benzene rings is 2. The molecular formula is C13H11BrClNO. The first kappa shape index (κ1) is 12.3. The van der Waals surface area contributed by atoms with Gasteiger partial charge < -0.3 is 10.5 Å². The van der Waals surface area contributed by atoms with E-state index in [1.165, 1.54) is 0 Å². The fourth-order valence-corrected chi connectivity index (χ4v) is 1.88. The molecule has 0 aliphatic heterocycles. The largest absolute Gasteiger partial charge is 0.489 e. The summed E-state index contributed by atoms with van der Waals surface area (Å²) in [5.74, 6) is 0.807. The van der Waals surface area contributed by atoms with Crippen molar-refractivity contribution in [3.63, 3.8) is 0 Å². The molecule has 2 nitrogen and oxygen atoms in total. The summed E-state index contributed by atoms with van der Waals surface area (Å²) in [5, 5.41) is 0.627. The second kappa shape index (κ2) is 5.43. The smallest absolute Gasteiger partial charge is 0.119 e. The summed E-state index contributed by atoms with van der Waals surface area (Å²) in [4.78, 5) is 0. The summed E-state index contributed by atoms with van der Waals surface area (Å²) in [5.41, 5.74) is 7.20. The molecule has 0 bridgehead atoms. The van der Waals surface area contributed by atoms with E-state index in [-0.39, 0.29) is 0 Å². The second-order valence-corrected chi connectivity index (χ2v) is 4.92. The van der Waals surface area contributed by atoms with E-state index in [4.69, 9.17) is 22.1 Å². The van der Waals surface area contributed by atoms with Crippen LogP contribution in [0.2, 0.25) is 5.02 Å². The van der Waals surface area contributed by atoms with Crippen molar-refractivity contribution < 1.29 is 4.74 Å². The Morgan fingerprint density at radius 3 is 2.47 bits per heavy atom. The predicted molar refractivity (Wildman–Crippen MR) is 74.3 cm³/mol. The lowest BCUT2D eigenvalue weighted by Crippen LogP contribution is -1.97. The van der Waals surface area contributed by atoms with Gasteiger partial charge in [-0.15, -0.1) is 0 Å². The van der Waals surface area contributed by atoms with Crippen LogP contribution in [0.1, 0.15) is 5.56 Å². The molecule has 0 fully saturated rings. The third-order valence-electron chi connectivity index (χ3n) is 2.29. The number of rotatable bonds is 3. The summed E-state index contributed by atoms with van der Waals surface area (Å²) in [6.07, 6.45) is 0. The zero-order valence-electron chi connectivity index (χ0n) is 8.99. The number of halogens is 2. The second-order valence-electron chi connectivity index (χ2n) is 3.59. The molecule has 2 aromatic carbocycles. The highest BCUT2D eigenvalue weighted by atomic mass is 79.9. The van der Waals surface area contributed by atoms with Crippen molar-refractivity contribution in [3.05, 3.63) is 57.5 Å². The quantitative estimate of drug-likeness (QED) is 0.859. The van der Waals surface area contributed by atoms with E-state index in [1.807, 2.05) is 36.4 Å². The molecule has 2 N–H and O–H groups in total. The van der Waals surface area contributed by atoms with Gasteiger partial charge >= 0.3 is 0 Å². The van der Waals surface area contributed by atoms with Gasteiger partial charge in [0.25, 0.3) is 0 Å². The Morgan fingerprint density at radius 2 is 1.82 bits per heavy atom. The van der Waals surface area contributed by atoms with E-state index in [2.05, 4.69) is 15.9 Å². The minimum atomic E-state index is 0.431. The zero-order valence-corrected chi connectivity index (χ0v) is 11.3. The number of nitrogen functional groups attached to an aromatic ring is 1. The van der Waals surface area contributed by atoms with Crippen LogP contribution in [0.4, 0.5) is 5.69 Å². The first-order valence-electron chi connectivity index (χ1n) is 5.07. The molecule has 4 heteroatoms. The highest BCUT2D eigenvalue weighted by molar-refractivity contribution is 9.10. The molecule has 88 valence electrons. The van der Waals surface area contributed by atoms with E-state index in [0.29, 0.717) is 17.3 Å². The molecule has 0 unspecified atom stereocenters. The highest BCUT2D eigenvalue weighted by Crippen LogP contribution is 2.22. The van der Waals surface area contributed by atoms with Crippen LogP contribution in [-0.2, 0) is 6.61 Å². The molecule has 0 amide bonds. The number of hydrogen-bond acceptors (Lipinski definition) is 2. The molecule has 0 saturated heterocycles. The Balaban J connectivity index is 2.04. The predicted octanol–water partition coefficient (Wildman–Crippen LogP) is 4.26. The lowest BCUT2D eigenvalue weighted by molar-refractivity contribution is 0.306. The van der Waals surface area contributed by atoms with Crippen molar-refractivity contribution in [1.29, 1.82) is 0 Å². The summed E-state index contributed by atoms with van der Waals surface area (Å²) in [7, 11) is 0. The lowest BCUT2D eigenvalue weighted by Gasteiger charge is -2.08. The maximum absolute atomic E-state index is 6.05. The fraction of sp³-hybridized carbons (Fsp3) is 0.0769. The van der Waals surface area contributed by atoms with Crippen LogP contribution in [0.3, 0.4) is 0 Å². The van der Waals surface area contributed by atoms with E-state index in [0.717, 1.165) is 15.8 Å². The number of anilines is 1. The summed E-state index contributed by atoms with van der Waals surface area (Å²) >= 11 is 9.42. The summed E-state index contributed by atoms with van der Waals surface area (Å²) < 4.78 is 6.65. The first-order valence-corrected chi connectivity index (χ1v) is 6.24. The third kappa shape index (κ3) is 3.38. The molecule has 0 aromatic heterocycles. The Morgan fingerprint density at radius 1 is 1.12 bits per heavy atom. The van der Waals surface area contributed by atoms with Crippen LogP contribution in [0.25, 0.3) is 0 Å². The average Bonchev–Trinajstić information content (AvgIpc) is 2.30. The molecule has 0 radical (unpaired) electrons. The van der Waals surface area contributed by atoms with Crippen molar-refractivity contribution in [2.45, 2.75) is 6.61 Å². The van der Waals surface area contributed by atoms with Crippen LogP contribution >= 0.6 is 27.5 Å². The number of nitrogens with two attached hydrogens (primary N) is 1. The maximum atomic E-state index is 6.05. The van der Waals surface area contributed by atoms with E-state index < -0.39 is 0 Å². The van der Waals surface area contributed by atoms with Gasteiger partial charge in [-0.1, -0.05) is 33.6 Å². The van der Waals surface area contributed by atoms with Crippen LogP contribution < -0.4 is 10.5 Å². The number of hydrogen-bond donors (Lipinski definition) is 1. The SMILES string of the molecule is Nc1ccc(COc2ccc(Br)cc2)c(Cl)c1. The molecule has 0 aliphatic carbocycles. The van der Waals surface area contributed by atoms with E-state index in [9.17, 15) is 0 Å². The van der Waals surface area contributed by atoms with Gasteiger partial charge in [0.1, 0.15) is 12.4 Å². The van der Waals surface area contributed by atoms with Crippen molar-refractivity contribution >= 4 is 33.2 Å². The van der Waals surface area contributed by atoms with E-state index >= 15 is 0 Å². The van der Waals surface area contributed by atoms with Crippen LogP contribution in [0.5, 0.6) is 5.75 Å². The Labute approximate surface area is 113 Å². The lowest BCUT2D eigenvalue weighted by atomic mass is 10.2. The molecule has 0 spiro atoms. The van der Waals surface area contributed by atoms with E-state index in [1.54, 1.807) is 6.07 Å². The van der Waals surface area contributed by atoms with Crippen LogP contribution in [-0.4, -0.2) is 0 Å². The van der Waals surface area contributed by atoms with Gasteiger partial charge in [-0.2, -0.15) is 0 Å². The fourth-order valence-electron chi connectivity index (χ4n) is 1.37. The van der Waals surface area contributed by atoms with Crippen molar-refractivity contribution in [2.24, 2.45) is 0 Å². The maximum Gasteiger partial charge on any atom is 0.119 e. The minimum Gasteiger partial charge on any atom is -0.489 e. The van der Waals surface area contributed by atoms with Gasteiger partial charge in [-0.05, 0) is 36.4 Å². The topological polar surface area (TPSA) is 35.2 Å². The first-order chi connectivity index (χ1) is 8.15. The van der Waals surface area contributed by atoms with Gasteiger partial charge in [0.05, 0.1) is 0 Å². The molecule has 2 rings (SSSR count). The molecule has 0 aliphatic rings. The zero-order chi connectivity index (χ0) is 12.3. The summed E-state index contributed by atoms with van der Waals surface area (Å²) in [6, 6.07) is 13.1. The standard InChI is InChI=1S/C13H11BrClNO/c14-10-2-5-12(6-3-10)17-8-9-1-4-11(16)7-13(9)15/h1-7H,8,16H2. The molecule has 0 saturated carbocycles. The number of ether oxygens (including phenoxy) is 1. The monoisotopic (exact) mass is 311 g/mol. The van der Waals surface area contributed by atoms with Crippen LogP contribution in [0, 0.1) is 0 Å². The average molecular weight is 313 g/mol. The Kier molecular flexibility index (Phi) is 3.92. The van der Waals surface area contributed by atoms with Crippen molar-refractivity contribution in [3.8, 4) is 5.75 Å². The van der Waals surface area contributed by atoms with Gasteiger partial charge in [0.15, 0.2) is 0 Å². The van der Waals surface area contributed by atoms with Crippen molar-refractivity contribution in [2.75, 3.05) is 5.73 Å². The Hall–Kier alpha value is -1.19. The van der Waals surface area contributed by atoms with Crippen molar-refractivity contribution in [1.82, 2.24) is 0 Å². The van der Waals surface area contributed by atoms with Gasteiger partial charge in [0, 0.05) is 20.7 Å². The molecule has 17 heavy (non-hydrogen) atoms. The Bertz CT molecular complexity index is 513. The van der Waals surface area contributed by atoms with Gasteiger partial charge in [-0.25, -0.2) is 0 Å². The third-order valence-corrected chi connectivity index (χ3v) is 3.17. The molecular weight excluding hydrogens is 302 g/mol. The summed E-state index contributed by atoms with van der Waals surface area (Å²) in [6.45, 7) is 0.431. The molecule has 2 aromatic rings. The molecule has 0 heterocycles. The van der Waals surface area contributed by atoms with Crippen LogP contribution in [0.15, 0.2) is 46.9 Å². The van der Waals surface area contributed by atoms with Gasteiger partial charge in [-0.3, -0.25) is 0 Å². The molecule has 0 atom stereocenters. The van der Waals surface area contributed by atoms with Gasteiger partial charge in [0.2, 0.25) is 0 Å². The normalized spacial score (nSPS) is 10.2. The highest BCUT2D eigenvalue weighted by Gasteiger charge is 2.02. The minimum absolute atomic E-state index is 0.431.